The van der Waals surface area contributed by atoms with Crippen molar-refractivity contribution >= 4 is 11.7 Å². The molecule has 106 valence electrons. The lowest BCUT2D eigenvalue weighted by Gasteiger charge is -2.12. The summed E-state index contributed by atoms with van der Waals surface area (Å²) in [6.45, 7) is 5.02. The van der Waals surface area contributed by atoms with Crippen LogP contribution in [0, 0.1) is 5.92 Å². The van der Waals surface area contributed by atoms with E-state index in [9.17, 15) is 4.79 Å². The Morgan fingerprint density at radius 2 is 2.05 bits per heavy atom. The maximum absolute atomic E-state index is 11.5. The number of ether oxygens (including phenoxy) is 2. The van der Waals surface area contributed by atoms with E-state index in [4.69, 9.17) is 15.2 Å². The van der Waals surface area contributed by atoms with Crippen molar-refractivity contribution in [3.63, 3.8) is 0 Å². The standard InChI is InChI=1S/C15H23NO3/c1-3-12(4-2)11-19-15(17)8-9-18-14-7-5-6-13(16)10-14/h5-7,10,12H,3-4,8-9,11,16H2,1-2H3. The third-order valence-corrected chi connectivity index (χ3v) is 3.07. The van der Waals surface area contributed by atoms with Crippen LogP contribution in [0.5, 0.6) is 5.75 Å². The topological polar surface area (TPSA) is 61.5 Å². The fourth-order valence-electron chi connectivity index (χ4n) is 1.66. The lowest BCUT2D eigenvalue weighted by atomic mass is 10.1. The van der Waals surface area contributed by atoms with Crippen LogP contribution in [0.15, 0.2) is 24.3 Å². The molecule has 0 heterocycles. The lowest BCUT2D eigenvalue weighted by Crippen LogP contribution is -2.15. The number of nitrogen functional groups attached to an aromatic ring is 1. The SMILES string of the molecule is CCC(CC)COC(=O)CCOc1cccc(N)c1. The van der Waals surface area contributed by atoms with Gasteiger partial charge in [0.2, 0.25) is 0 Å². The molecule has 1 aromatic carbocycles. The number of anilines is 1. The van der Waals surface area contributed by atoms with Crippen molar-refractivity contribution in [1.29, 1.82) is 0 Å². The molecule has 0 bridgehead atoms. The smallest absolute Gasteiger partial charge is 0.309 e. The summed E-state index contributed by atoms with van der Waals surface area (Å²) in [6, 6.07) is 7.15. The molecule has 0 aliphatic carbocycles. The van der Waals surface area contributed by atoms with Gasteiger partial charge < -0.3 is 15.2 Å². The van der Waals surface area contributed by atoms with E-state index in [2.05, 4.69) is 13.8 Å². The highest BCUT2D eigenvalue weighted by Crippen LogP contribution is 2.14. The first-order chi connectivity index (χ1) is 9.15. The molecular formula is C15H23NO3. The monoisotopic (exact) mass is 265 g/mol. The van der Waals surface area contributed by atoms with Gasteiger partial charge in [-0.25, -0.2) is 0 Å². The molecule has 0 aliphatic heterocycles. The Hall–Kier alpha value is -1.71. The minimum absolute atomic E-state index is 0.212. The molecule has 0 fully saturated rings. The highest BCUT2D eigenvalue weighted by molar-refractivity contribution is 5.69. The first-order valence-corrected chi connectivity index (χ1v) is 6.79. The summed E-state index contributed by atoms with van der Waals surface area (Å²) in [5.74, 6) is 0.919. The third kappa shape index (κ3) is 6.13. The maximum atomic E-state index is 11.5. The molecule has 0 amide bonds. The quantitative estimate of drug-likeness (QED) is 0.579. The molecule has 0 atom stereocenters. The second-order valence-electron chi connectivity index (χ2n) is 4.54. The molecule has 1 aromatic rings. The number of hydrogen-bond acceptors (Lipinski definition) is 4. The third-order valence-electron chi connectivity index (χ3n) is 3.07. The minimum atomic E-state index is -0.212. The van der Waals surface area contributed by atoms with E-state index in [1.54, 1.807) is 12.1 Å². The molecule has 0 saturated heterocycles. The Balaban J connectivity index is 2.20. The maximum Gasteiger partial charge on any atom is 0.309 e. The molecule has 0 saturated carbocycles. The van der Waals surface area contributed by atoms with E-state index in [1.165, 1.54) is 0 Å². The van der Waals surface area contributed by atoms with E-state index < -0.39 is 0 Å². The molecule has 0 unspecified atom stereocenters. The molecule has 0 aromatic heterocycles. The van der Waals surface area contributed by atoms with Crippen molar-refractivity contribution in [3.8, 4) is 5.75 Å². The number of nitrogens with two attached hydrogens (primary N) is 1. The number of benzene rings is 1. The van der Waals surface area contributed by atoms with Crippen LogP contribution in [-0.4, -0.2) is 19.2 Å². The average Bonchev–Trinajstić information content (AvgIpc) is 2.40. The van der Waals surface area contributed by atoms with E-state index in [1.807, 2.05) is 12.1 Å². The van der Waals surface area contributed by atoms with Crippen LogP contribution in [-0.2, 0) is 9.53 Å². The zero-order valence-corrected chi connectivity index (χ0v) is 11.7. The Morgan fingerprint density at radius 3 is 2.68 bits per heavy atom. The van der Waals surface area contributed by atoms with Crippen LogP contribution in [0.4, 0.5) is 5.69 Å². The number of carbonyl (C=O) groups is 1. The van der Waals surface area contributed by atoms with Crippen molar-refractivity contribution < 1.29 is 14.3 Å². The van der Waals surface area contributed by atoms with Crippen LogP contribution >= 0.6 is 0 Å². The fourth-order valence-corrected chi connectivity index (χ4v) is 1.66. The van der Waals surface area contributed by atoms with Gasteiger partial charge in [0.25, 0.3) is 0 Å². The van der Waals surface area contributed by atoms with E-state index >= 15 is 0 Å². The number of hydrogen-bond donors (Lipinski definition) is 1. The Morgan fingerprint density at radius 1 is 1.32 bits per heavy atom. The Kier molecular flexibility index (Phi) is 6.79. The van der Waals surface area contributed by atoms with Gasteiger partial charge in [0.05, 0.1) is 19.6 Å². The summed E-state index contributed by atoms with van der Waals surface area (Å²) in [7, 11) is 0. The molecule has 0 spiro atoms. The molecule has 4 nitrogen and oxygen atoms in total. The zero-order valence-electron chi connectivity index (χ0n) is 11.7. The average molecular weight is 265 g/mol. The molecule has 2 N–H and O–H groups in total. The first-order valence-electron chi connectivity index (χ1n) is 6.79. The molecule has 19 heavy (non-hydrogen) atoms. The lowest BCUT2D eigenvalue weighted by molar-refractivity contribution is -0.145. The number of esters is 1. The van der Waals surface area contributed by atoms with Crippen molar-refractivity contribution in [2.24, 2.45) is 5.92 Å². The van der Waals surface area contributed by atoms with E-state index in [0.29, 0.717) is 30.6 Å². The van der Waals surface area contributed by atoms with Gasteiger partial charge in [0.15, 0.2) is 0 Å². The highest BCUT2D eigenvalue weighted by atomic mass is 16.5. The van der Waals surface area contributed by atoms with Gasteiger partial charge in [0.1, 0.15) is 5.75 Å². The number of rotatable bonds is 8. The summed E-state index contributed by atoms with van der Waals surface area (Å²) in [5, 5.41) is 0. The van der Waals surface area contributed by atoms with Crippen molar-refractivity contribution in [1.82, 2.24) is 0 Å². The van der Waals surface area contributed by atoms with Crippen LogP contribution < -0.4 is 10.5 Å². The molecular weight excluding hydrogens is 242 g/mol. The second-order valence-corrected chi connectivity index (χ2v) is 4.54. The van der Waals surface area contributed by atoms with Gasteiger partial charge >= 0.3 is 5.97 Å². The predicted molar refractivity (Wildman–Crippen MR) is 76.0 cm³/mol. The summed E-state index contributed by atoms with van der Waals surface area (Å²) in [5.41, 5.74) is 6.28. The van der Waals surface area contributed by atoms with Crippen LogP contribution in [0.25, 0.3) is 0 Å². The first kappa shape index (κ1) is 15.3. The summed E-state index contributed by atoms with van der Waals surface area (Å²) in [6.07, 6.45) is 2.32. The predicted octanol–water partition coefficient (Wildman–Crippen LogP) is 3.02. The molecule has 4 heteroatoms. The summed E-state index contributed by atoms with van der Waals surface area (Å²) < 4.78 is 10.6. The van der Waals surface area contributed by atoms with Gasteiger partial charge in [-0.3, -0.25) is 4.79 Å². The van der Waals surface area contributed by atoms with E-state index in [-0.39, 0.29) is 12.4 Å². The normalized spacial score (nSPS) is 10.5. The van der Waals surface area contributed by atoms with Gasteiger partial charge in [-0.05, 0) is 18.1 Å². The van der Waals surface area contributed by atoms with Gasteiger partial charge in [-0.2, -0.15) is 0 Å². The summed E-state index contributed by atoms with van der Waals surface area (Å²) >= 11 is 0. The second kappa shape index (κ2) is 8.40. The van der Waals surface area contributed by atoms with E-state index in [0.717, 1.165) is 12.8 Å². The summed E-state index contributed by atoms with van der Waals surface area (Å²) in [4.78, 5) is 11.5. The van der Waals surface area contributed by atoms with Crippen LogP contribution in [0.1, 0.15) is 33.1 Å². The van der Waals surface area contributed by atoms with Crippen molar-refractivity contribution in [2.45, 2.75) is 33.1 Å². The zero-order chi connectivity index (χ0) is 14.1. The molecule has 1 rings (SSSR count). The van der Waals surface area contributed by atoms with Crippen molar-refractivity contribution in [2.75, 3.05) is 18.9 Å². The largest absolute Gasteiger partial charge is 0.493 e. The van der Waals surface area contributed by atoms with Gasteiger partial charge in [0, 0.05) is 11.8 Å². The molecule has 0 radical (unpaired) electrons. The minimum Gasteiger partial charge on any atom is -0.493 e. The van der Waals surface area contributed by atoms with Crippen molar-refractivity contribution in [3.05, 3.63) is 24.3 Å². The fraction of sp³-hybridized carbons (Fsp3) is 0.533. The Labute approximate surface area is 114 Å². The Bertz CT molecular complexity index is 389. The van der Waals surface area contributed by atoms with Gasteiger partial charge in [-0.15, -0.1) is 0 Å². The van der Waals surface area contributed by atoms with Crippen LogP contribution in [0.2, 0.25) is 0 Å². The van der Waals surface area contributed by atoms with Gasteiger partial charge in [-0.1, -0.05) is 32.8 Å². The molecule has 0 aliphatic rings. The highest BCUT2D eigenvalue weighted by Gasteiger charge is 2.08. The van der Waals surface area contributed by atoms with Crippen LogP contribution in [0.3, 0.4) is 0 Å². The number of carbonyl (C=O) groups excluding carboxylic acids is 1.